The van der Waals surface area contributed by atoms with Crippen LogP contribution in [0, 0.1) is 23.7 Å². The monoisotopic (exact) mass is 987 g/mol. The number of carbonyl (C=O) groups excluding carboxylic acids is 4. The number of rotatable bonds is 9. The van der Waals surface area contributed by atoms with Crippen molar-refractivity contribution in [3.8, 4) is 28.1 Å². The third kappa shape index (κ3) is 9.15. The van der Waals surface area contributed by atoms with Gasteiger partial charge in [-0.15, -0.1) is 0 Å². The van der Waals surface area contributed by atoms with Crippen LogP contribution in [0.1, 0.15) is 123 Å². The fourth-order valence-electron chi connectivity index (χ4n) is 12.8. The standard InChI is InChI=1S/C55H70N8O9/c1-26-15-44(62(32(26)7)52(64)47(60-54(66)68-9)36-17-28(3)71-29(4)18-36)50-56-24-43(58-50)35-11-13-39-38(21-35)25-70-46-23-40-34(22-41(39)46)12-14-42-49(40)59-51(57-42)45-16-27(2)33(8)63(45)53(65)48(61-55(67)69-10)37-19-30(5)72-31(6)20-37/h11-14,21-24,26-33,36-37,44-45,47-48H,15-20,25H2,1-10H3,(H,56,58)(H,57,59)(H,60,66)(H,61,67)/t26-,27+,28-,29-,30-,31-,32-,33+,44-,45?,47+,48+/m1/s1. The summed E-state index contributed by atoms with van der Waals surface area (Å²) in [6, 6.07) is 12.4. The lowest BCUT2D eigenvalue weighted by atomic mass is 9.85. The van der Waals surface area contributed by atoms with Gasteiger partial charge in [-0.1, -0.05) is 32.0 Å². The highest BCUT2D eigenvalue weighted by molar-refractivity contribution is 6.07. The van der Waals surface area contributed by atoms with Gasteiger partial charge in [0, 0.05) is 23.0 Å². The molecule has 5 aromatic rings. The van der Waals surface area contributed by atoms with Crippen molar-refractivity contribution in [2.75, 3.05) is 14.2 Å². The van der Waals surface area contributed by atoms with E-state index in [1.54, 1.807) is 0 Å². The summed E-state index contributed by atoms with van der Waals surface area (Å²) in [5.74, 6) is 2.07. The van der Waals surface area contributed by atoms with Crippen LogP contribution >= 0.6 is 0 Å². The highest BCUT2D eigenvalue weighted by atomic mass is 16.5. The minimum atomic E-state index is -0.771. The van der Waals surface area contributed by atoms with Crippen LogP contribution in [0.3, 0.4) is 0 Å². The van der Waals surface area contributed by atoms with Crippen molar-refractivity contribution in [3.63, 3.8) is 0 Å². The molecule has 2 aromatic heterocycles. The molecule has 0 aliphatic carbocycles. The van der Waals surface area contributed by atoms with E-state index in [1.165, 1.54) is 14.2 Å². The van der Waals surface area contributed by atoms with Gasteiger partial charge in [0.25, 0.3) is 0 Å². The summed E-state index contributed by atoms with van der Waals surface area (Å²) in [6.07, 6.45) is 4.45. The first kappa shape index (κ1) is 49.4. The maximum atomic E-state index is 14.8. The van der Waals surface area contributed by atoms with Gasteiger partial charge < -0.3 is 54.1 Å². The van der Waals surface area contributed by atoms with Gasteiger partial charge in [-0.3, -0.25) is 9.59 Å². The zero-order valence-corrected chi connectivity index (χ0v) is 43.1. The summed E-state index contributed by atoms with van der Waals surface area (Å²) in [6.45, 7) is 16.9. The lowest BCUT2D eigenvalue weighted by Crippen LogP contribution is -2.55. The molecule has 17 heteroatoms. The maximum absolute atomic E-state index is 14.8. The van der Waals surface area contributed by atoms with Crippen molar-refractivity contribution < 1.29 is 42.9 Å². The SMILES string of the molecule is COC(=O)N[C@H](C(=O)N1C(c2nc3c(ccc4cc5c(cc43)OCc3cc(-c4cnc([C@H]6C[C@@H](C)[C@@H](C)N6C(=O)[C@@H](NC(=O)OC)C6C[C@@H](C)O[C@H](C)C6)[nH]4)ccc3-5)[nH]2)C[C@H](C)[C@@H]1C)C1C[C@@H](C)O[C@H](C)C1. The van der Waals surface area contributed by atoms with Crippen molar-refractivity contribution in [1.82, 2.24) is 40.4 Å². The molecule has 384 valence electrons. The van der Waals surface area contributed by atoms with Gasteiger partial charge >= 0.3 is 12.2 Å². The van der Waals surface area contributed by atoms with Crippen LogP contribution in [0.15, 0.2) is 48.7 Å². The van der Waals surface area contributed by atoms with E-state index < -0.39 is 24.3 Å². The molecule has 4 fully saturated rings. The molecule has 17 nitrogen and oxygen atoms in total. The molecule has 10 rings (SSSR count). The largest absolute Gasteiger partial charge is 0.488 e. The molecule has 4 saturated heterocycles. The number of H-pyrrole nitrogens is 2. The zero-order chi connectivity index (χ0) is 50.9. The first-order valence-electron chi connectivity index (χ1n) is 25.9. The Morgan fingerprint density at radius 3 is 1.78 bits per heavy atom. The van der Waals surface area contributed by atoms with E-state index in [2.05, 4.69) is 84.7 Å². The van der Waals surface area contributed by atoms with Crippen molar-refractivity contribution in [3.05, 3.63) is 65.9 Å². The summed E-state index contributed by atoms with van der Waals surface area (Å²) in [7, 11) is 2.64. The molecule has 0 saturated carbocycles. The Labute approximate surface area is 420 Å². The highest BCUT2D eigenvalue weighted by Gasteiger charge is 2.48. The third-order valence-electron chi connectivity index (χ3n) is 16.7. The second kappa shape index (κ2) is 19.7. The third-order valence-corrected chi connectivity index (χ3v) is 16.7. The van der Waals surface area contributed by atoms with Crippen LogP contribution < -0.4 is 15.4 Å². The molecular weight excluding hydrogens is 917 g/mol. The average molecular weight is 987 g/mol. The van der Waals surface area contributed by atoms with Crippen molar-refractivity contribution in [1.29, 1.82) is 0 Å². The number of methoxy groups -OCH3 is 2. The first-order chi connectivity index (χ1) is 34.5. The van der Waals surface area contributed by atoms with Gasteiger partial charge in [-0.2, -0.15) is 0 Å². The minimum absolute atomic E-state index is 0.0398. The normalized spacial score (nSPS) is 30.0. The van der Waals surface area contributed by atoms with Gasteiger partial charge in [-0.05, 0) is 150 Å². The number of aromatic nitrogens is 4. The molecule has 5 aliphatic rings. The Kier molecular flexibility index (Phi) is 13.5. The van der Waals surface area contributed by atoms with E-state index in [1.807, 2.05) is 49.8 Å². The van der Waals surface area contributed by atoms with Gasteiger partial charge in [0.05, 0.1) is 73.6 Å². The predicted molar refractivity (Wildman–Crippen MR) is 271 cm³/mol. The predicted octanol–water partition coefficient (Wildman–Crippen LogP) is 9.12. The number of imidazole rings is 2. The number of amides is 4. The smallest absolute Gasteiger partial charge is 0.407 e. The molecule has 1 unspecified atom stereocenters. The molecule has 3 aromatic carbocycles. The fraction of sp³-hybridized carbons (Fsp3) is 0.564. The summed E-state index contributed by atoms with van der Waals surface area (Å²) in [4.78, 5) is 76.0. The summed E-state index contributed by atoms with van der Waals surface area (Å²) < 4.78 is 28.6. The molecule has 0 spiro atoms. The molecule has 4 N–H and O–H groups in total. The Morgan fingerprint density at radius 2 is 1.22 bits per heavy atom. The molecule has 0 bridgehead atoms. The Bertz CT molecular complexity index is 2860. The fourth-order valence-corrected chi connectivity index (χ4v) is 12.8. The average Bonchev–Trinajstić information content (AvgIpc) is 4.15. The second-order valence-corrected chi connectivity index (χ2v) is 21.6. The Balaban J connectivity index is 0.905. The van der Waals surface area contributed by atoms with Crippen LogP contribution in [0.4, 0.5) is 9.59 Å². The maximum Gasteiger partial charge on any atom is 0.407 e. The van der Waals surface area contributed by atoms with Crippen LogP contribution in [0.2, 0.25) is 0 Å². The molecule has 4 amide bonds. The van der Waals surface area contributed by atoms with E-state index in [0.717, 1.165) is 68.3 Å². The molecule has 12 atom stereocenters. The van der Waals surface area contributed by atoms with Crippen LogP contribution in [0.25, 0.3) is 44.2 Å². The number of carbonyl (C=O) groups is 4. The number of ether oxygens (including phenoxy) is 5. The first-order valence-corrected chi connectivity index (χ1v) is 25.9. The van der Waals surface area contributed by atoms with E-state index in [-0.39, 0.29) is 84.1 Å². The molecule has 72 heavy (non-hydrogen) atoms. The zero-order valence-electron chi connectivity index (χ0n) is 43.1. The quantitative estimate of drug-likeness (QED) is 0.110. The number of hydrogen-bond acceptors (Lipinski definition) is 11. The van der Waals surface area contributed by atoms with E-state index in [4.69, 9.17) is 33.7 Å². The molecule has 5 aliphatic heterocycles. The topological polar surface area (TPSA) is 202 Å². The van der Waals surface area contributed by atoms with Crippen LogP contribution in [0.5, 0.6) is 5.75 Å². The number of nitrogens with one attached hydrogen (secondary N) is 4. The lowest BCUT2D eigenvalue weighted by molar-refractivity contribution is -0.141. The number of hydrogen-bond donors (Lipinski definition) is 4. The van der Waals surface area contributed by atoms with Crippen molar-refractivity contribution in [2.45, 2.75) is 161 Å². The molecule has 7 heterocycles. The van der Waals surface area contributed by atoms with Gasteiger partial charge in [0.1, 0.15) is 36.1 Å². The van der Waals surface area contributed by atoms with Gasteiger partial charge in [-0.25, -0.2) is 19.6 Å². The van der Waals surface area contributed by atoms with Gasteiger partial charge in [0.2, 0.25) is 11.8 Å². The highest BCUT2D eigenvalue weighted by Crippen LogP contribution is 2.46. The number of aromatic amines is 2. The minimum Gasteiger partial charge on any atom is -0.488 e. The van der Waals surface area contributed by atoms with Crippen molar-refractivity contribution in [2.24, 2.45) is 23.7 Å². The van der Waals surface area contributed by atoms with Crippen LogP contribution in [-0.2, 0) is 35.1 Å². The number of alkyl carbamates (subject to hydrolysis) is 2. The molecule has 0 radical (unpaired) electrons. The summed E-state index contributed by atoms with van der Waals surface area (Å²) in [5, 5.41) is 7.77. The van der Waals surface area contributed by atoms with E-state index in [9.17, 15) is 19.2 Å². The van der Waals surface area contributed by atoms with E-state index in [0.29, 0.717) is 43.9 Å². The number of fused-ring (bicyclic) bond motifs is 6. The number of nitrogens with zero attached hydrogens (tertiary/aromatic N) is 4. The Morgan fingerprint density at radius 1 is 0.667 bits per heavy atom. The van der Waals surface area contributed by atoms with Gasteiger partial charge in [0.15, 0.2) is 0 Å². The summed E-state index contributed by atoms with van der Waals surface area (Å²) in [5.41, 5.74) is 6.54. The lowest BCUT2D eigenvalue weighted by Gasteiger charge is -2.39. The van der Waals surface area contributed by atoms with Crippen molar-refractivity contribution >= 4 is 45.8 Å². The number of likely N-dealkylation sites (tertiary alicyclic amines) is 2. The summed E-state index contributed by atoms with van der Waals surface area (Å²) >= 11 is 0. The molecular formula is C55H70N8O9. The second-order valence-electron chi connectivity index (χ2n) is 21.6. The Hall–Kier alpha value is -6.20. The number of benzene rings is 3. The van der Waals surface area contributed by atoms with E-state index >= 15 is 0 Å². The van der Waals surface area contributed by atoms with Crippen LogP contribution in [-0.4, -0.2) is 117 Å².